The number of rotatable bonds is 11. The summed E-state index contributed by atoms with van der Waals surface area (Å²) in [6.45, 7) is 10.5. The number of nitrogens with one attached hydrogen (secondary N) is 1. The zero-order valence-corrected chi connectivity index (χ0v) is 20.7. The van der Waals surface area contributed by atoms with Crippen LogP contribution in [-0.2, 0) is 20.0 Å². The van der Waals surface area contributed by atoms with Gasteiger partial charge in [0, 0.05) is 18.8 Å². The molecule has 2 rings (SSSR count). The Morgan fingerprint density at radius 2 is 1.29 bits per heavy atom. The van der Waals surface area contributed by atoms with E-state index in [2.05, 4.69) is 4.72 Å². The van der Waals surface area contributed by atoms with Crippen LogP contribution in [0.25, 0.3) is 0 Å². The van der Waals surface area contributed by atoms with E-state index in [1.807, 2.05) is 32.9 Å². The van der Waals surface area contributed by atoms with Crippen molar-refractivity contribution in [3.8, 4) is 0 Å². The summed E-state index contributed by atoms with van der Waals surface area (Å²) in [6, 6.07) is 9.60. The zero-order valence-electron chi connectivity index (χ0n) is 19.1. The standard InChI is InChI=1S/C23H34N2O4S2/c1-6-8-14-25(15-9-7-2)31(28,29)22-12-10-21(11-13-22)24-30(26,27)23-19(4)16-18(3)17-20(23)5/h10-13,16-17,24H,6-9,14-15H2,1-5H3. The van der Waals surface area contributed by atoms with Crippen molar-refractivity contribution in [1.29, 1.82) is 0 Å². The molecule has 0 aliphatic carbocycles. The van der Waals surface area contributed by atoms with E-state index in [1.165, 1.54) is 28.6 Å². The Kier molecular flexibility index (Phi) is 8.68. The fourth-order valence-corrected chi connectivity index (χ4v) is 6.69. The molecule has 1 N–H and O–H groups in total. The average molecular weight is 467 g/mol. The van der Waals surface area contributed by atoms with Crippen molar-refractivity contribution in [2.75, 3.05) is 17.8 Å². The lowest BCUT2D eigenvalue weighted by atomic mass is 10.1. The number of unbranched alkanes of at least 4 members (excludes halogenated alkanes) is 2. The number of hydrogen-bond donors (Lipinski definition) is 1. The van der Waals surface area contributed by atoms with Crippen molar-refractivity contribution >= 4 is 25.7 Å². The molecule has 6 nitrogen and oxygen atoms in total. The third-order valence-corrected chi connectivity index (χ3v) is 8.74. The SMILES string of the molecule is CCCCN(CCCC)S(=O)(=O)c1ccc(NS(=O)(=O)c2c(C)cc(C)cc2C)cc1. The van der Waals surface area contributed by atoms with E-state index < -0.39 is 20.0 Å². The highest BCUT2D eigenvalue weighted by atomic mass is 32.2. The molecule has 0 bridgehead atoms. The predicted octanol–water partition coefficient (Wildman–Crippen LogP) is 5.00. The molecule has 2 aromatic carbocycles. The van der Waals surface area contributed by atoms with Gasteiger partial charge in [-0.2, -0.15) is 4.31 Å². The lowest BCUT2D eigenvalue weighted by Gasteiger charge is -2.22. The lowest BCUT2D eigenvalue weighted by Crippen LogP contribution is -2.33. The van der Waals surface area contributed by atoms with Gasteiger partial charge in [0.2, 0.25) is 10.0 Å². The fraction of sp³-hybridized carbons (Fsp3) is 0.478. The Balaban J connectivity index is 2.28. The summed E-state index contributed by atoms with van der Waals surface area (Å²) in [5.74, 6) is 0. The fourth-order valence-electron chi connectivity index (χ4n) is 3.66. The second-order valence-corrected chi connectivity index (χ2v) is 11.5. The normalized spacial score (nSPS) is 12.3. The van der Waals surface area contributed by atoms with Gasteiger partial charge < -0.3 is 0 Å². The van der Waals surface area contributed by atoms with Crippen molar-refractivity contribution in [2.45, 2.75) is 70.1 Å². The van der Waals surface area contributed by atoms with Gasteiger partial charge in [-0.15, -0.1) is 0 Å². The first kappa shape index (κ1) is 25.4. The first-order valence-corrected chi connectivity index (χ1v) is 13.7. The summed E-state index contributed by atoms with van der Waals surface area (Å²) >= 11 is 0. The molecule has 172 valence electrons. The smallest absolute Gasteiger partial charge is 0.262 e. The van der Waals surface area contributed by atoms with Gasteiger partial charge in [-0.1, -0.05) is 44.4 Å². The van der Waals surface area contributed by atoms with Crippen molar-refractivity contribution < 1.29 is 16.8 Å². The molecule has 0 radical (unpaired) electrons. The second-order valence-electron chi connectivity index (χ2n) is 7.97. The van der Waals surface area contributed by atoms with E-state index in [-0.39, 0.29) is 9.79 Å². The Morgan fingerprint density at radius 1 is 0.806 bits per heavy atom. The highest BCUT2D eigenvalue weighted by Gasteiger charge is 2.24. The second kappa shape index (κ2) is 10.6. The molecule has 0 amide bonds. The van der Waals surface area contributed by atoms with Crippen LogP contribution in [0.2, 0.25) is 0 Å². The highest BCUT2D eigenvalue weighted by Crippen LogP contribution is 2.25. The first-order valence-electron chi connectivity index (χ1n) is 10.7. The minimum absolute atomic E-state index is 0.172. The number of aryl methyl sites for hydroxylation is 3. The quantitative estimate of drug-likeness (QED) is 0.505. The molecule has 0 spiro atoms. The number of nitrogens with zero attached hydrogens (tertiary/aromatic N) is 1. The summed E-state index contributed by atoms with van der Waals surface area (Å²) in [5.41, 5.74) is 2.67. The van der Waals surface area contributed by atoms with Crippen molar-refractivity contribution in [2.24, 2.45) is 0 Å². The molecular weight excluding hydrogens is 432 g/mol. The van der Waals surface area contributed by atoms with Crippen LogP contribution in [0.1, 0.15) is 56.2 Å². The molecular formula is C23H34N2O4S2. The van der Waals surface area contributed by atoms with Crippen LogP contribution in [0, 0.1) is 20.8 Å². The van der Waals surface area contributed by atoms with Crippen molar-refractivity contribution in [1.82, 2.24) is 4.31 Å². The molecule has 0 saturated heterocycles. The van der Waals surface area contributed by atoms with Crippen molar-refractivity contribution in [3.05, 3.63) is 53.1 Å². The van der Waals surface area contributed by atoms with Crippen LogP contribution in [-0.4, -0.2) is 34.2 Å². The molecule has 0 unspecified atom stereocenters. The van der Waals surface area contributed by atoms with Crippen LogP contribution in [0.15, 0.2) is 46.2 Å². The molecule has 31 heavy (non-hydrogen) atoms. The highest BCUT2D eigenvalue weighted by molar-refractivity contribution is 7.92. The van der Waals surface area contributed by atoms with Gasteiger partial charge in [0.1, 0.15) is 0 Å². The monoisotopic (exact) mass is 466 g/mol. The van der Waals surface area contributed by atoms with E-state index >= 15 is 0 Å². The Bertz CT molecular complexity index is 1060. The van der Waals surface area contributed by atoms with Gasteiger partial charge in [-0.25, -0.2) is 16.8 Å². The molecule has 0 atom stereocenters. The predicted molar refractivity (Wildman–Crippen MR) is 126 cm³/mol. The van der Waals surface area contributed by atoms with Gasteiger partial charge in [-0.3, -0.25) is 4.72 Å². The molecule has 2 aromatic rings. The van der Waals surface area contributed by atoms with E-state index in [9.17, 15) is 16.8 Å². The number of benzene rings is 2. The van der Waals surface area contributed by atoms with Crippen LogP contribution in [0.3, 0.4) is 0 Å². The number of hydrogen-bond acceptors (Lipinski definition) is 4. The van der Waals surface area contributed by atoms with Gasteiger partial charge in [0.25, 0.3) is 10.0 Å². The van der Waals surface area contributed by atoms with Crippen molar-refractivity contribution in [3.63, 3.8) is 0 Å². The summed E-state index contributed by atoms with van der Waals surface area (Å²) in [5, 5.41) is 0. The lowest BCUT2D eigenvalue weighted by molar-refractivity contribution is 0.395. The third-order valence-electron chi connectivity index (χ3n) is 5.14. The molecule has 0 aliphatic heterocycles. The van der Waals surface area contributed by atoms with Gasteiger partial charge in [-0.05, 0) is 69.0 Å². The molecule has 0 aliphatic rings. The zero-order chi connectivity index (χ0) is 23.2. The van der Waals surface area contributed by atoms with Crippen LogP contribution < -0.4 is 4.72 Å². The Hall–Kier alpha value is -1.90. The maximum absolute atomic E-state index is 13.1. The van der Waals surface area contributed by atoms with E-state index in [4.69, 9.17) is 0 Å². The van der Waals surface area contributed by atoms with E-state index in [0.717, 1.165) is 31.2 Å². The third kappa shape index (κ3) is 6.30. The number of sulfonamides is 2. The van der Waals surface area contributed by atoms with E-state index in [0.29, 0.717) is 29.9 Å². The summed E-state index contributed by atoms with van der Waals surface area (Å²) in [6.07, 6.45) is 3.43. The molecule has 0 aromatic heterocycles. The summed E-state index contributed by atoms with van der Waals surface area (Å²) < 4.78 is 56.1. The minimum Gasteiger partial charge on any atom is -0.280 e. The maximum atomic E-state index is 13.1. The average Bonchev–Trinajstić information content (AvgIpc) is 2.66. The van der Waals surface area contributed by atoms with Gasteiger partial charge >= 0.3 is 0 Å². The Labute approximate surface area is 187 Å². The number of anilines is 1. The van der Waals surface area contributed by atoms with Crippen LogP contribution >= 0.6 is 0 Å². The van der Waals surface area contributed by atoms with Crippen LogP contribution in [0.4, 0.5) is 5.69 Å². The van der Waals surface area contributed by atoms with Crippen LogP contribution in [0.5, 0.6) is 0 Å². The molecule has 0 fully saturated rings. The van der Waals surface area contributed by atoms with E-state index in [1.54, 1.807) is 13.8 Å². The topological polar surface area (TPSA) is 83.6 Å². The Morgan fingerprint density at radius 3 is 1.74 bits per heavy atom. The largest absolute Gasteiger partial charge is 0.280 e. The summed E-state index contributed by atoms with van der Waals surface area (Å²) in [4.78, 5) is 0.422. The molecule has 0 heterocycles. The minimum atomic E-state index is -3.79. The van der Waals surface area contributed by atoms with Gasteiger partial charge in [0.15, 0.2) is 0 Å². The first-order chi connectivity index (χ1) is 14.5. The molecule has 0 saturated carbocycles. The summed E-state index contributed by atoms with van der Waals surface area (Å²) in [7, 11) is -7.41. The maximum Gasteiger partial charge on any atom is 0.262 e. The molecule has 8 heteroatoms. The van der Waals surface area contributed by atoms with Gasteiger partial charge in [0.05, 0.1) is 9.79 Å².